The molecule has 2 aromatic rings. The molecule has 20 heavy (non-hydrogen) atoms. The Hall–Kier alpha value is -1.52. The van der Waals surface area contributed by atoms with Crippen LogP contribution in [0.2, 0.25) is 5.02 Å². The second kappa shape index (κ2) is 5.85. The van der Waals surface area contributed by atoms with E-state index in [0.717, 1.165) is 22.5 Å². The molecule has 0 spiro atoms. The Morgan fingerprint density at radius 3 is 2.65 bits per heavy atom. The fourth-order valence-electron chi connectivity index (χ4n) is 2.09. The van der Waals surface area contributed by atoms with Gasteiger partial charge in [0, 0.05) is 12.6 Å². The molecular weight excluding hydrogens is 276 g/mol. The summed E-state index contributed by atoms with van der Waals surface area (Å²) in [6.45, 7) is 5.89. The molecule has 0 saturated heterocycles. The summed E-state index contributed by atoms with van der Waals surface area (Å²) in [6.07, 6.45) is -0.575. The predicted octanol–water partition coefficient (Wildman–Crippen LogP) is 3.32. The van der Waals surface area contributed by atoms with Crippen molar-refractivity contribution in [3.8, 4) is 5.75 Å². The summed E-state index contributed by atoms with van der Waals surface area (Å²) < 4.78 is 7.55. The lowest BCUT2D eigenvalue weighted by Crippen LogP contribution is -2.06. The molecule has 1 N–H and O–H groups in total. The fourth-order valence-corrected chi connectivity index (χ4v) is 2.31. The van der Waals surface area contributed by atoms with Crippen molar-refractivity contribution in [1.82, 2.24) is 9.78 Å². The van der Waals surface area contributed by atoms with Gasteiger partial charge in [-0.25, -0.2) is 0 Å². The van der Waals surface area contributed by atoms with Crippen LogP contribution in [0, 0.1) is 13.8 Å². The van der Waals surface area contributed by atoms with E-state index in [1.807, 2.05) is 39.1 Å². The van der Waals surface area contributed by atoms with Crippen LogP contribution in [-0.4, -0.2) is 14.9 Å². The van der Waals surface area contributed by atoms with Crippen LogP contribution in [0.15, 0.2) is 18.2 Å². The third kappa shape index (κ3) is 2.97. The van der Waals surface area contributed by atoms with Gasteiger partial charge in [0.2, 0.25) is 0 Å². The molecule has 2 rings (SSSR count). The topological polar surface area (TPSA) is 47.3 Å². The predicted molar refractivity (Wildman–Crippen MR) is 79.1 cm³/mol. The number of aromatic nitrogens is 2. The Bertz CT molecular complexity index is 621. The van der Waals surface area contributed by atoms with Crippen molar-refractivity contribution in [1.29, 1.82) is 0 Å². The third-order valence-corrected chi connectivity index (χ3v) is 3.74. The summed E-state index contributed by atoms with van der Waals surface area (Å²) in [6, 6.07) is 5.75. The molecule has 0 aliphatic rings. The van der Waals surface area contributed by atoms with Crippen molar-refractivity contribution >= 4 is 11.6 Å². The second-order valence-electron chi connectivity index (χ2n) is 4.98. The number of hydrogen-bond donors (Lipinski definition) is 1. The van der Waals surface area contributed by atoms with Gasteiger partial charge in [-0.05, 0) is 32.4 Å². The number of aryl methyl sites for hydroxylation is 3. The highest BCUT2D eigenvalue weighted by Gasteiger charge is 2.14. The molecule has 1 unspecified atom stereocenters. The Morgan fingerprint density at radius 2 is 2.10 bits per heavy atom. The van der Waals surface area contributed by atoms with Gasteiger partial charge in [-0.15, -0.1) is 0 Å². The molecule has 1 aromatic carbocycles. The summed E-state index contributed by atoms with van der Waals surface area (Å²) >= 11 is 6.20. The zero-order valence-electron chi connectivity index (χ0n) is 12.1. The van der Waals surface area contributed by atoms with Crippen molar-refractivity contribution in [2.45, 2.75) is 33.5 Å². The van der Waals surface area contributed by atoms with Crippen molar-refractivity contribution in [3.63, 3.8) is 0 Å². The minimum Gasteiger partial charge on any atom is -0.487 e. The lowest BCUT2D eigenvalue weighted by molar-refractivity contribution is 0.189. The highest BCUT2D eigenvalue weighted by atomic mass is 35.5. The molecular formula is C15H19ClN2O2. The smallest absolute Gasteiger partial charge is 0.131 e. The Kier molecular flexibility index (Phi) is 4.35. The van der Waals surface area contributed by atoms with Crippen LogP contribution in [0.1, 0.15) is 35.5 Å². The molecule has 0 radical (unpaired) electrons. The van der Waals surface area contributed by atoms with Gasteiger partial charge in [-0.2, -0.15) is 5.10 Å². The van der Waals surface area contributed by atoms with E-state index in [1.54, 1.807) is 11.6 Å². The standard InChI is InChI=1S/C15H19ClN2O2/c1-9-5-6-12(11(3)19)14(7-9)20-8-13-15(16)10(2)17-18(13)4/h5-7,11,19H,8H2,1-4H3. The Balaban J connectivity index is 2.24. The highest BCUT2D eigenvalue weighted by Crippen LogP contribution is 2.28. The van der Waals surface area contributed by atoms with Crippen LogP contribution in [0.4, 0.5) is 0 Å². The first-order valence-electron chi connectivity index (χ1n) is 6.49. The lowest BCUT2D eigenvalue weighted by atomic mass is 10.1. The van der Waals surface area contributed by atoms with Crippen molar-refractivity contribution in [3.05, 3.63) is 45.7 Å². The minimum absolute atomic E-state index is 0.319. The Morgan fingerprint density at radius 1 is 1.40 bits per heavy atom. The summed E-state index contributed by atoms with van der Waals surface area (Å²) in [4.78, 5) is 0. The van der Waals surface area contributed by atoms with Crippen LogP contribution >= 0.6 is 11.6 Å². The number of ether oxygens (including phenoxy) is 1. The van der Waals surface area contributed by atoms with Crippen molar-refractivity contribution < 1.29 is 9.84 Å². The van der Waals surface area contributed by atoms with Gasteiger partial charge in [0.15, 0.2) is 0 Å². The largest absolute Gasteiger partial charge is 0.487 e. The number of rotatable bonds is 4. The number of halogens is 1. The number of aliphatic hydroxyl groups excluding tert-OH is 1. The average Bonchev–Trinajstić information content (AvgIpc) is 2.61. The summed E-state index contributed by atoms with van der Waals surface area (Å²) in [5.41, 5.74) is 3.46. The maximum absolute atomic E-state index is 9.78. The molecule has 4 nitrogen and oxygen atoms in total. The van der Waals surface area contributed by atoms with Gasteiger partial charge in [-0.1, -0.05) is 23.7 Å². The molecule has 0 aliphatic carbocycles. The first kappa shape index (κ1) is 14.9. The quantitative estimate of drug-likeness (QED) is 0.941. The molecule has 0 saturated carbocycles. The van der Waals surface area contributed by atoms with Crippen LogP contribution < -0.4 is 4.74 Å². The molecule has 1 heterocycles. The highest BCUT2D eigenvalue weighted by molar-refractivity contribution is 6.31. The van der Waals surface area contributed by atoms with E-state index in [0.29, 0.717) is 17.4 Å². The van der Waals surface area contributed by atoms with E-state index >= 15 is 0 Å². The second-order valence-corrected chi connectivity index (χ2v) is 5.35. The molecule has 0 amide bonds. The zero-order valence-corrected chi connectivity index (χ0v) is 12.9. The molecule has 108 valence electrons. The number of hydrogen-bond acceptors (Lipinski definition) is 3. The molecule has 0 bridgehead atoms. The van der Waals surface area contributed by atoms with Gasteiger partial charge < -0.3 is 9.84 Å². The molecule has 5 heteroatoms. The first-order valence-corrected chi connectivity index (χ1v) is 6.87. The van der Waals surface area contributed by atoms with Crippen LogP contribution in [-0.2, 0) is 13.7 Å². The van der Waals surface area contributed by atoms with Crippen molar-refractivity contribution in [2.24, 2.45) is 7.05 Å². The molecule has 1 aromatic heterocycles. The zero-order chi connectivity index (χ0) is 14.9. The van der Waals surface area contributed by atoms with E-state index in [9.17, 15) is 5.11 Å². The summed E-state index contributed by atoms with van der Waals surface area (Å²) in [5.74, 6) is 0.676. The van der Waals surface area contributed by atoms with E-state index in [2.05, 4.69) is 5.10 Å². The van der Waals surface area contributed by atoms with E-state index < -0.39 is 6.10 Å². The van der Waals surface area contributed by atoms with E-state index in [1.165, 1.54) is 0 Å². The van der Waals surface area contributed by atoms with Crippen LogP contribution in [0.5, 0.6) is 5.75 Å². The molecule has 0 aliphatic heterocycles. The van der Waals surface area contributed by atoms with Crippen LogP contribution in [0.25, 0.3) is 0 Å². The van der Waals surface area contributed by atoms with Gasteiger partial charge >= 0.3 is 0 Å². The van der Waals surface area contributed by atoms with Crippen LogP contribution in [0.3, 0.4) is 0 Å². The normalized spacial score (nSPS) is 12.5. The van der Waals surface area contributed by atoms with E-state index in [4.69, 9.17) is 16.3 Å². The number of nitrogens with zero attached hydrogens (tertiary/aromatic N) is 2. The molecule has 0 fully saturated rings. The minimum atomic E-state index is -0.575. The molecule has 1 atom stereocenters. The Labute approximate surface area is 123 Å². The first-order chi connectivity index (χ1) is 9.40. The van der Waals surface area contributed by atoms with Crippen molar-refractivity contribution in [2.75, 3.05) is 0 Å². The monoisotopic (exact) mass is 294 g/mol. The van der Waals surface area contributed by atoms with Gasteiger partial charge in [0.25, 0.3) is 0 Å². The third-order valence-electron chi connectivity index (χ3n) is 3.25. The van der Waals surface area contributed by atoms with Gasteiger partial charge in [0.05, 0.1) is 22.5 Å². The van der Waals surface area contributed by atoms with Gasteiger partial charge in [-0.3, -0.25) is 4.68 Å². The summed E-state index contributed by atoms with van der Waals surface area (Å²) in [5, 5.41) is 14.7. The lowest BCUT2D eigenvalue weighted by Gasteiger charge is -2.14. The maximum atomic E-state index is 9.78. The maximum Gasteiger partial charge on any atom is 0.131 e. The van der Waals surface area contributed by atoms with E-state index in [-0.39, 0.29) is 0 Å². The SMILES string of the molecule is Cc1ccc(C(C)O)c(OCc2c(Cl)c(C)nn2C)c1. The fraction of sp³-hybridized carbons (Fsp3) is 0.400. The van der Waals surface area contributed by atoms with Gasteiger partial charge in [0.1, 0.15) is 12.4 Å². The number of aliphatic hydroxyl groups is 1. The summed E-state index contributed by atoms with van der Waals surface area (Å²) in [7, 11) is 1.84. The number of benzene rings is 1. The average molecular weight is 295 g/mol.